The van der Waals surface area contributed by atoms with Crippen molar-refractivity contribution >= 4 is 89.8 Å². The van der Waals surface area contributed by atoms with Gasteiger partial charge in [-0.25, -0.2) is 0 Å². The predicted octanol–water partition coefficient (Wildman–Crippen LogP) is 22.9. The highest BCUT2D eigenvalue weighted by Crippen LogP contribution is 2.48. The van der Waals surface area contributed by atoms with Crippen molar-refractivity contribution in [2.24, 2.45) is 0 Å². The molecule has 14 rings (SSSR count). The van der Waals surface area contributed by atoms with Gasteiger partial charge in [0.15, 0.2) is 0 Å². The Labute approximate surface area is 491 Å². The van der Waals surface area contributed by atoms with Gasteiger partial charge in [-0.1, -0.05) is 231 Å². The largest absolute Gasteiger partial charge is 0.310 e. The summed E-state index contributed by atoms with van der Waals surface area (Å²) < 4.78 is 0. The number of benzene rings is 14. The summed E-state index contributed by atoms with van der Waals surface area (Å²) in [6.07, 6.45) is 0. The van der Waals surface area contributed by atoms with E-state index in [0.717, 1.165) is 101 Å². The van der Waals surface area contributed by atoms with Gasteiger partial charge in [0, 0.05) is 67.0 Å². The van der Waals surface area contributed by atoms with Crippen LogP contribution >= 0.6 is 0 Å². The van der Waals surface area contributed by atoms with E-state index in [2.05, 4.69) is 371 Å². The summed E-state index contributed by atoms with van der Waals surface area (Å²) in [7, 11) is 0. The van der Waals surface area contributed by atoms with Gasteiger partial charge in [-0.2, -0.15) is 0 Å². The van der Waals surface area contributed by atoms with Crippen LogP contribution in [0.15, 0.2) is 352 Å². The third kappa shape index (κ3) is 10.1. The van der Waals surface area contributed by atoms with E-state index in [0.29, 0.717) is 0 Å². The second-order valence-corrected chi connectivity index (χ2v) is 20.9. The highest BCUT2D eigenvalue weighted by atomic mass is 15.2. The van der Waals surface area contributed by atoms with E-state index in [1.54, 1.807) is 0 Å². The molecule has 4 heteroatoms. The number of para-hydroxylation sites is 4. The van der Waals surface area contributed by atoms with Crippen molar-refractivity contribution in [3.8, 4) is 33.4 Å². The molecule has 0 aromatic heterocycles. The fourth-order valence-corrected chi connectivity index (χ4v) is 11.8. The predicted molar refractivity (Wildman–Crippen MR) is 356 cm³/mol. The molecule has 0 heterocycles. The van der Waals surface area contributed by atoms with E-state index >= 15 is 0 Å². The van der Waals surface area contributed by atoms with Crippen LogP contribution in [0.2, 0.25) is 0 Å². The molecule has 0 bridgehead atoms. The first kappa shape index (κ1) is 51.0. The lowest BCUT2D eigenvalue weighted by molar-refractivity contribution is 1.27. The molecule has 0 spiro atoms. The van der Waals surface area contributed by atoms with Crippen LogP contribution in [0.4, 0.5) is 68.2 Å². The van der Waals surface area contributed by atoms with Gasteiger partial charge in [-0.15, -0.1) is 0 Å². The van der Waals surface area contributed by atoms with Crippen LogP contribution in [0.5, 0.6) is 0 Å². The average molecular weight is 1080 g/mol. The summed E-state index contributed by atoms with van der Waals surface area (Å²) in [5.74, 6) is 0. The van der Waals surface area contributed by atoms with Gasteiger partial charge in [0.05, 0.1) is 22.7 Å². The Morgan fingerprint density at radius 3 is 0.476 bits per heavy atom. The van der Waals surface area contributed by atoms with Crippen molar-refractivity contribution in [1.29, 1.82) is 0 Å². The Bertz CT molecular complexity index is 4190. The standard InChI is InChI=1S/C80H58N4/c1-7-23-59(24-8-1)61-39-47-69(48-40-61)81(65-27-11-3-12-28-65)77-55-57-79(75-37-21-19-35-73(75)77)83(67-31-15-5-16-32-67)71-51-43-63(44-52-71)64-45-53-72(54-46-64)84(68-33-17-6-18-34-68)80-58-56-78(74-36-20-22-38-76(74)80)82(66-29-13-4-14-30-66)70-49-41-62(42-50-70)60-25-9-2-10-26-60/h1-58H. The van der Waals surface area contributed by atoms with Crippen LogP contribution in [0.3, 0.4) is 0 Å². The minimum absolute atomic E-state index is 1.07. The molecule has 0 radical (unpaired) electrons. The number of rotatable bonds is 15. The number of fused-ring (bicyclic) bond motifs is 2. The van der Waals surface area contributed by atoms with E-state index in [9.17, 15) is 0 Å². The fraction of sp³-hybridized carbons (Fsp3) is 0. The van der Waals surface area contributed by atoms with Crippen molar-refractivity contribution in [2.45, 2.75) is 0 Å². The summed E-state index contributed by atoms with van der Waals surface area (Å²) in [5, 5.41) is 4.59. The van der Waals surface area contributed by atoms with Gasteiger partial charge in [-0.3, -0.25) is 0 Å². The summed E-state index contributed by atoms with van der Waals surface area (Å²) in [5.41, 5.74) is 20.1. The molecular weight excluding hydrogens is 1020 g/mol. The Morgan fingerprint density at radius 1 is 0.119 bits per heavy atom. The van der Waals surface area contributed by atoms with Crippen LogP contribution in [0, 0.1) is 0 Å². The number of nitrogens with zero attached hydrogens (tertiary/aromatic N) is 4. The molecule has 0 aliphatic heterocycles. The molecule has 14 aromatic carbocycles. The normalized spacial score (nSPS) is 11.1. The molecule has 0 aliphatic carbocycles. The Balaban J connectivity index is 0.803. The Hall–Kier alpha value is -11.2. The molecule has 0 N–H and O–H groups in total. The van der Waals surface area contributed by atoms with Crippen molar-refractivity contribution in [1.82, 2.24) is 0 Å². The topological polar surface area (TPSA) is 13.0 Å². The van der Waals surface area contributed by atoms with E-state index in [-0.39, 0.29) is 0 Å². The van der Waals surface area contributed by atoms with Gasteiger partial charge < -0.3 is 19.6 Å². The lowest BCUT2D eigenvalue weighted by Gasteiger charge is -2.31. The first-order chi connectivity index (χ1) is 41.7. The third-order valence-electron chi connectivity index (χ3n) is 15.8. The van der Waals surface area contributed by atoms with Crippen LogP contribution in [0.1, 0.15) is 0 Å². The first-order valence-corrected chi connectivity index (χ1v) is 28.7. The highest BCUT2D eigenvalue weighted by molar-refractivity contribution is 6.09. The minimum Gasteiger partial charge on any atom is -0.310 e. The molecule has 0 fully saturated rings. The average Bonchev–Trinajstić information content (AvgIpc) is 2.93. The summed E-state index contributed by atoms with van der Waals surface area (Å²) in [4.78, 5) is 9.51. The van der Waals surface area contributed by atoms with E-state index < -0.39 is 0 Å². The van der Waals surface area contributed by atoms with Gasteiger partial charge in [0.25, 0.3) is 0 Å². The van der Waals surface area contributed by atoms with Gasteiger partial charge in [0.2, 0.25) is 0 Å². The van der Waals surface area contributed by atoms with Gasteiger partial charge >= 0.3 is 0 Å². The molecule has 4 nitrogen and oxygen atoms in total. The first-order valence-electron chi connectivity index (χ1n) is 28.7. The van der Waals surface area contributed by atoms with Crippen molar-refractivity contribution in [3.63, 3.8) is 0 Å². The maximum Gasteiger partial charge on any atom is 0.0541 e. The molecule has 14 aromatic rings. The third-order valence-corrected chi connectivity index (χ3v) is 15.8. The van der Waals surface area contributed by atoms with E-state index in [1.165, 1.54) is 22.3 Å². The second kappa shape index (κ2) is 23.1. The van der Waals surface area contributed by atoms with E-state index in [4.69, 9.17) is 0 Å². The van der Waals surface area contributed by atoms with Crippen LogP contribution in [-0.4, -0.2) is 0 Å². The molecule has 0 saturated carbocycles. The Kier molecular flexibility index (Phi) is 14.0. The number of anilines is 12. The van der Waals surface area contributed by atoms with Crippen molar-refractivity contribution < 1.29 is 0 Å². The highest BCUT2D eigenvalue weighted by Gasteiger charge is 2.23. The van der Waals surface area contributed by atoms with Crippen LogP contribution in [-0.2, 0) is 0 Å². The summed E-state index contributed by atoms with van der Waals surface area (Å²) in [6, 6.07) is 126. The number of hydrogen-bond acceptors (Lipinski definition) is 4. The summed E-state index contributed by atoms with van der Waals surface area (Å²) in [6.45, 7) is 0. The molecule has 0 saturated heterocycles. The zero-order valence-corrected chi connectivity index (χ0v) is 46.3. The maximum absolute atomic E-state index is 2.38. The molecule has 0 aliphatic rings. The maximum atomic E-state index is 2.38. The summed E-state index contributed by atoms with van der Waals surface area (Å²) >= 11 is 0. The zero-order chi connectivity index (χ0) is 56.0. The molecule has 398 valence electrons. The Morgan fingerprint density at radius 2 is 0.274 bits per heavy atom. The van der Waals surface area contributed by atoms with Crippen LogP contribution in [0.25, 0.3) is 54.9 Å². The monoisotopic (exact) mass is 1070 g/mol. The van der Waals surface area contributed by atoms with Crippen molar-refractivity contribution in [2.75, 3.05) is 19.6 Å². The quantitative estimate of drug-likeness (QED) is 0.101. The van der Waals surface area contributed by atoms with Crippen molar-refractivity contribution in [3.05, 3.63) is 352 Å². The number of hydrogen-bond donors (Lipinski definition) is 0. The lowest BCUT2D eigenvalue weighted by atomic mass is 10.0. The molecule has 0 atom stereocenters. The minimum atomic E-state index is 1.07. The smallest absolute Gasteiger partial charge is 0.0541 e. The van der Waals surface area contributed by atoms with Gasteiger partial charge in [0.1, 0.15) is 0 Å². The molecular formula is C80H58N4. The van der Waals surface area contributed by atoms with E-state index in [1.807, 2.05) is 0 Å². The van der Waals surface area contributed by atoms with Gasteiger partial charge in [-0.05, 0) is 155 Å². The molecule has 0 amide bonds. The molecule has 0 unspecified atom stereocenters. The SMILES string of the molecule is c1ccc(-c2ccc(N(c3ccccc3)c3ccc(N(c4ccccc4)c4ccc(-c5ccc(N(c6ccccc6)c6ccc(N(c7ccccc7)c7ccc(-c8ccccc8)cc7)c7ccccc67)cc5)cc4)c4ccccc34)cc2)cc1. The second-order valence-electron chi connectivity index (χ2n) is 20.9. The molecule has 84 heavy (non-hydrogen) atoms. The van der Waals surface area contributed by atoms with Crippen LogP contribution < -0.4 is 19.6 Å². The lowest BCUT2D eigenvalue weighted by Crippen LogP contribution is -2.13. The fourth-order valence-electron chi connectivity index (χ4n) is 11.8. The zero-order valence-electron chi connectivity index (χ0n) is 46.3.